The Balaban J connectivity index is 4.31. The Hall–Kier alpha value is -1.63. The Kier molecular flexibility index (Phi) is 4.45. The Bertz CT molecular complexity index is 228. The molecule has 0 aliphatic carbocycles. The van der Waals surface area contributed by atoms with Gasteiger partial charge in [0.1, 0.15) is 0 Å². The molecule has 13 heavy (non-hydrogen) atoms. The first-order chi connectivity index (χ1) is 6.02. The van der Waals surface area contributed by atoms with Crippen LogP contribution < -0.4 is 17.0 Å². The van der Waals surface area contributed by atoms with Crippen molar-refractivity contribution in [3.63, 3.8) is 0 Å². The molecule has 0 saturated heterocycles. The number of likely N-dealkylation sites (N-methyl/N-ethyl adjacent to an activating group) is 1. The number of carbonyl (C=O) groups is 3. The molecule has 0 aromatic carbocycles. The fourth-order valence-electron chi connectivity index (χ4n) is 0.721. The highest BCUT2D eigenvalue weighted by Crippen LogP contribution is 1.88. The van der Waals surface area contributed by atoms with Crippen molar-refractivity contribution in [2.24, 2.45) is 11.6 Å². The number of carbonyl (C=O) groups excluding carboxylic acids is 3. The second-order valence-corrected chi connectivity index (χ2v) is 2.26. The van der Waals surface area contributed by atoms with Crippen LogP contribution in [0.1, 0.15) is 6.92 Å². The monoisotopic (exact) mass is 188 g/mol. The highest BCUT2D eigenvalue weighted by Gasteiger charge is 2.20. The van der Waals surface area contributed by atoms with Gasteiger partial charge in [0.2, 0.25) is 5.91 Å². The second-order valence-electron chi connectivity index (χ2n) is 2.26. The molecule has 3 amide bonds. The SMILES string of the molecule is CCN(CC(N)=O)C(=O)C(=O)NN. The van der Waals surface area contributed by atoms with Gasteiger partial charge in [-0.2, -0.15) is 0 Å². The molecule has 0 fully saturated rings. The zero-order valence-corrected chi connectivity index (χ0v) is 7.24. The summed E-state index contributed by atoms with van der Waals surface area (Å²) in [6, 6.07) is 0. The molecule has 5 N–H and O–H groups in total. The predicted molar refractivity (Wildman–Crippen MR) is 43.8 cm³/mol. The van der Waals surface area contributed by atoms with Crippen LogP contribution in [0.5, 0.6) is 0 Å². The normalized spacial score (nSPS) is 9.08. The van der Waals surface area contributed by atoms with E-state index in [1.54, 1.807) is 12.3 Å². The van der Waals surface area contributed by atoms with E-state index in [0.29, 0.717) is 0 Å². The minimum atomic E-state index is -0.969. The maximum Gasteiger partial charge on any atom is 0.323 e. The number of amides is 3. The molecular formula is C6H12N4O3. The van der Waals surface area contributed by atoms with Gasteiger partial charge in [-0.05, 0) is 6.92 Å². The molecule has 0 spiro atoms. The van der Waals surface area contributed by atoms with Gasteiger partial charge in [0.05, 0.1) is 6.54 Å². The molecule has 0 aliphatic heterocycles. The van der Waals surface area contributed by atoms with Crippen molar-refractivity contribution in [2.75, 3.05) is 13.1 Å². The Morgan fingerprint density at radius 1 is 1.38 bits per heavy atom. The van der Waals surface area contributed by atoms with Crippen LogP contribution in [-0.2, 0) is 14.4 Å². The molecule has 0 heterocycles. The minimum Gasteiger partial charge on any atom is -0.368 e. The molecule has 0 radical (unpaired) electrons. The molecule has 74 valence electrons. The van der Waals surface area contributed by atoms with Crippen molar-refractivity contribution < 1.29 is 14.4 Å². The lowest BCUT2D eigenvalue weighted by Gasteiger charge is -2.17. The van der Waals surface area contributed by atoms with E-state index >= 15 is 0 Å². The Morgan fingerprint density at radius 2 is 1.92 bits per heavy atom. The van der Waals surface area contributed by atoms with Crippen LogP contribution >= 0.6 is 0 Å². The summed E-state index contributed by atoms with van der Waals surface area (Å²) in [4.78, 5) is 33.2. The highest BCUT2D eigenvalue weighted by molar-refractivity contribution is 6.35. The maximum absolute atomic E-state index is 11.1. The van der Waals surface area contributed by atoms with Crippen molar-refractivity contribution in [2.45, 2.75) is 6.92 Å². The van der Waals surface area contributed by atoms with E-state index in [4.69, 9.17) is 11.6 Å². The van der Waals surface area contributed by atoms with Gasteiger partial charge in [0, 0.05) is 6.54 Å². The van der Waals surface area contributed by atoms with Crippen LogP contribution in [0.2, 0.25) is 0 Å². The Labute approximate surface area is 75.0 Å². The number of hydrogen-bond donors (Lipinski definition) is 3. The molecule has 7 nitrogen and oxygen atoms in total. The molecular weight excluding hydrogens is 176 g/mol. The average Bonchev–Trinajstić information content (AvgIpc) is 2.11. The maximum atomic E-state index is 11.1. The molecule has 0 aromatic rings. The summed E-state index contributed by atoms with van der Waals surface area (Å²) in [5, 5.41) is 0. The van der Waals surface area contributed by atoms with Crippen molar-refractivity contribution in [1.82, 2.24) is 10.3 Å². The third-order valence-electron chi connectivity index (χ3n) is 1.34. The van der Waals surface area contributed by atoms with E-state index in [9.17, 15) is 14.4 Å². The van der Waals surface area contributed by atoms with E-state index in [0.717, 1.165) is 4.90 Å². The molecule has 0 atom stereocenters. The lowest BCUT2D eigenvalue weighted by Crippen LogP contribution is -2.48. The fourth-order valence-corrected chi connectivity index (χ4v) is 0.721. The molecule has 0 bridgehead atoms. The molecule has 0 aromatic heterocycles. The summed E-state index contributed by atoms with van der Waals surface area (Å²) < 4.78 is 0. The van der Waals surface area contributed by atoms with Crippen molar-refractivity contribution >= 4 is 17.7 Å². The second kappa shape index (κ2) is 5.09. The van der Waals surface area contributed by atoms with Gasteiger partial charge in [-0.3, -0.25) is 19.8 Å². The first-order valence-electron chi connectivity index (χ1n) is 3.61. The van der Waals surface area contributed by atoms with Gasteiger partial charge < -0.3 is 10.6 Å². The zero-order chi connectivity index (χ0) is 10.4. The molecule has 0 aliphatic rings. The summed E-state index contributed by atoms with van der Waals surface area (Å²) >= 11 is 0. The lowest BCUT2D eigenvalue weighted by molar-refractivity contribution is -0.146. The number of nitrogens with two attached hydrogens (primary N) is 2. The summed E-state index contributed by atoms with van der Waals surface area (Å²) in [5.74, 6) is 2.21. The van der Waals surface area contributed by atoms with Crippen LogP contribution in [-0.4, -0.2) is 35.7 Å². The number of hydrazine groups is 1. The number of nitrogens with zero attached hydrogens (tertiary/aromatic N) is 1. The van der Waals surface area contributed by atoms with Gasteiger partial charge in [-0.25, -0.2) is 5.84 Å². The van der Waals surface area contributed by atoms with E-state index in [1.807, 2.05) is 0 Å². The quantitative estimate of drug-likeness (QED) is 0.193. The van der Waals surface area contributed by atoms with Crippen molar-refractivity contribution in [3.8, 4) is 0 Å². The smallest absolute Gasteiger partial charge is 0.323 e. The Morgan fingerprint density at radius 3 is 2.23 bits per heavy atom. The van der Waals surface area contributed by atoms with Crippen LogP contribution in [0.25, 0.3) is 0 Å². The number of rotatable bonds is 3. The fraction of sp³-hybridized carbons (Fsp3) is 0.500. The first-order valence-corrected chi connectivity index (χ1v) is 3.61. The van der Waals surface area contributed by atoms with Gasteiger partial charge >= 0.3 is 11.8 Å². The molecule has 0 rings (SSSR count). The molecule has 0 unspecified atom stereocenters. The van der Waals surface area contributed by atoms with Crippen LogP contribution in [0.15, 0.2) is 0 Å². The topological polar surface area (TPSA) is 119 Å². The summed E-state index contributed by atoms with van der Waals surface area (Å²) in [5.41, 5.74) is 6.52. The minimum absolute atomic E-state index is 0.217. The number of hydrogen-bond acceptors (Lipinski definition) is 4. The van der Waals surface area contributed by atoms with Crippen molar-refractivity contribution in [1.29, 1.82) is 0 Å². The largest absolute Gasteiger partial charge is 0.368 e. The van der Waals surface area contributed by atoms with Gasteiger partial charge in [-0.1, -0.05) is 0 Å². The first kappa shape index (κ1) is 11.4. The molecule has 0 saturated carbocycles. The zero-order valence-electron chi connectivity index (χ0n) is 7.24. The van der Waals surface area contributed by atoms with E-state index < -0.39 is 17.7 Å². The number of nitrogens with one attached hydrogen (secondary N) is 1. The van der Waals surface area contributed by atoms with Crippen LogP contribution in [0, 0.1) is 0 Å². The van der Waals surface area contributed by atoms with Gasteiger partial charge in [0.15, 0.2) is 0 Å². The highest BCUT2D eigenvalue weighted by atomic mass is 16.2. The number of primary amides is 1. The predicted octanol–water partition coefficient (Wildman–Crippen LogP) is -2.69. The van der Waals surface area contributed by atoms with Crippen LogP contribution in [0.3, 0.4) is 0 Å². The van der Waals surface area contributed by atoms with E-state index in [1.165, 1.54) is 0 Å². The summed E-state index contributed by atoms with van der Waals surface area (Å²) in [7, 11) is 0. The molecule has 7 heteroatoms. The van der Waals surface area contributed by atoms with Gasteiger partial charge in [0.25, 0.3) is 0 Å². The summed E-state index contributed by atoms with van der Waals surface area (Å²) in [6.45, 7) is 1.54. The third-order valence-corrected chi connectivity index (χ3v) is 1.34. The van der Waals surface area contributed by atoms with Gasteiger partial charge in [-0.15, -0.1) is 0 Å². The average molecular weight is 188 g/mol. The standard InChI is InChI=1S/C6H12N4O3/c1-2-10(3-4(7)11)6(13)5(12)9-8/h2-3,8H2,1H3,(H2,7,11)(H,9,12). The lowest BCUT2D eigenvalue weighted by atomic mass is 10.4. The van der Waals surface area contributed by atoms with Crippen LogP contribution in [0.4, 0.5) is 0 Å². The van der Waals surface area contributed by atoms with E-state index in [-0.39, 0.29) is 13.1 Å². The summed E-state index contributed by atoms with van der Waals surface area (Å²) in [6.07, 6.45) is 0. The van der Waals surface area contributed by atoms with Crippen molar-refractivity contribution in [3.05, 3.63) is 0 Å². The third kappa shape index (κ3) is 3.52. The van der Waals surface area contributed by atoms with E-state index in [2.05, 4.69) is 0 Å².